The predicted octanol–water partition coefficient (Wildman–Crippen LogP) is 0.971. The van der Waals surface area contributed by atoms with Crippen LogP contribution in [0.3, 0.4) is 0 Å². The van der Waals surface area contributed by atoms with Crippen LogP contribution in [0.4, 0.5) is 0 Å². The molecule has 0 amide bonds. The second-order valence-electron chi connectivity index (χ2n) is 3.73. The quantitative estimate of drug-likeness (QED) is 0.619. The van der Waals surface area contributed by atoms with E-state index < -0.39 is 7.12 Å². The maximum Gasteiger partial charge on any atom is 0.488 e. The van der Waals surface area contributed by atoms with E-state index >= 15 is 0 Å². The molecule has 0 aliphatic heterocycles. The standard InChI is InChI=1S/C13H11BO4/c15-9-10-1-5-12(6-2-10)18-13-7-3-11(4-8-13)14(16)17/h1-9,16-17H. The minimum absolute atomic E-state index is 0.402. The molecule has 0 fully saturated rings. The maximum absolute atomic E-state index is 10.5. The zero-order valence-corrected chi connectivity index (χ0v) is 9.48. The Balaban J connectivity index is 2.10. The third kappa shape index (κ3) is 2.97. The molecule has 18 heavy (non-hydrogen) atoms. The molecular formula is C13H11BO4. The first-order chi connectivity index (χ1) is 8.69. The Morgan fingerprint density at radius 3 is 1.83 bits per heavy atom. The van der Waals surface area contributed by atoms with Gasteiger partial charge in [0.2, 0.25) is 0 Å². The van der Waals surface area contributed by atoms with Gasteiger partial charge in [-0.2, -0.15) is 0 Å². The summed E-state index contributed by atoms with van der Waals surface area (Å²) >= 11 is 0. The zero-order chi connectivity index (χ0) is 13.0. The highest BCUT2D eigenvalue weighted by Gasteiger charge is 2.09. The molecule has 0 radical (unpaired) electrons. The lowest BCUT2D eigenvalue weighted by Crippen LogP contribution is -2.29. The number of hydrogen-bond donors (Lipinski definition) is 2. The van der Waals surface area contributed by atoms with Gasteiger partial charge in [0.05, 0.1) is 0 Å². The fourth-order valence-corrected chi connectivity index (χ4v) is 1.46. The van der Waals surface area contributed by atoms with Gasteiger partial charge in [0.1, 0.15) is 17.8 Å². The van der Waals surface area contributed by atoms with Crippen LogP contribution in [0.15, 0.2) is 48.5 Å². The number of rotatable bonds is 4. The van der Waals surface area contributed by atoms with E-state index in [2.05, 4.69) is 0 Å². The van der Waals surface area contributed by atoms with Crippen LogP contribution in [0.2, 0.25) is 0 Å². The first kappa shape index (κ1) is 12.4. The second-order valence-corrected chi connectivity index (χ2v) is 3.73. The summed E-state index contributed by atoms with van der Waals surface area (Å²) in [4.78, 5) is 10.5. The molecule has 0 heterocycles. The van der Waals surface area contributed by atoms with Crippen LogP contribution in [0.5, 0.6) is 11.5 Å². The van der Waals surface area contributed by atoms with E-state index in [9.17, 15) is 4.79 Å². The van der Waals surface area contributed by atoms with Crippen molar-refractivity contribution in [2.45, 2.75) is 0 Å². The van der Waals surface area contributed by atoms with Crippen LogP contribution < -0.4 is 10.2 Å². The fourth-order valence-electron chi connectivity index (χ4n) is 1.46. The van der Waals surface area contributed by atoms with E-state index in [0.717, 1.165) is 6.29 Å². The van der Waals surface area contributed by atoms with Crippen LogP contribution in [-0.4, -0.2) is 23.5 Å². The van der Waals surface area contributed by atoms with E-state index in [4.69, 9.17) is 14.8 Å². The summed E-state index contributed by atoms with van der Waals surface area (Å²) in [5.41, 5.74) is 0.986. The highest BCUT2D eigenvalue weighted by molar-refractivity contribution is 6.58. The van der Waals surface area contributed by atoms with Gasteiger partial charge in [0, 0.05) is 5.56 Å². The van der Waals surface area contributed by atoms with Crippen molar-refractivity contribution in [1.82, 2.24) is 0 Å². The highest BCUT2D eigenvalue weighted by Crippen LogP contribution is 2.20. The number of aldehydes is 1. The number of ether oxygens (including phenoxy) is 1. The molecule has 2 N–H and O–H groups in total. The van der Waals surface area contributed by atoms with Crippen molar-refractivity contribution in [3.63, 3.8) is 0 Å². The van der Waals surface area contributed by atoms with E-state index in [1.54, 1.807) is 48.5 Å². The Kier molecular flexibility index (Phi) is 3.77. The number of benzene rings is 2. The van der Waals surface area contributed by atoms with E-state index in [0.29, 0.717) is 22.5 Å². The van der Waals surface area contributed by atoms with Crippen molar-refractivity contribution in [3.05, 3.63) is 54.1 Å². The molecule has 2 aromatic rings. The second kappa shape index (κ2) is 5.49. The van der Waals surface area contributed by atoms with Crippen LogP contribution >= 0.6 is 0 Å². The topological polar surface area (TPSA) is 66.8 Å². The molecule has 4 nitrogen and oxygen atoms in total. The average Bonchev–Trinajstić information content (AvgIpc) is 2.40. The molecule has 0 aliphatic carbocycles. The molecular weight excluding hydrogens is 231 g/mol. The summed E-state index contributed by atoms with van der Waals surface area (Å²) in [6.45, 7) is 0. The minimum Gasteiger partial charge on any atom is -0.457 e. The van der Waals surface area contributed by atoms with Crippen LogP contribution in [0, 0.1) is 0 Å². The van der Waals surface area contributed by atoms with Crippen LogP contribution in [0.1, 0.15) is 10.4 Å². The van der Waals surface area contributed by atoms with Gasteiger partial charge in [0.15, 0.2) is 0 Å². The van der Waals surface area contributed by atoms with Gasteiger partial charge < -0.3 is 14.8 Å². The number of hydrogen-bond acceptors (Lipinski definition) is 4. The average molecular weight is 242 g/mol. The third-order valence-electron chi connectivity index (χ3n) is 2.43. The molecule has 2 rings (SSSR count). The molecule has 0 atom stereocenters. The van der Waals surface area contributed by atoms with Gasteiger partial charge in [-0.3, -0.25) is 4.79 Å². The Labute approximate surface area is 105 Å². The van der Waals surface area contributed by atoms with E-state index in [1.165, 1.54) is 0 Å². The predicted molar refractivity (Wildman–Crippen MR) is 68.2 cm³/mol. The molecule has 2 aromatic carbocycles. The highest BCUT2D eigenvalue weighted by atomic mass is 16.5. The van der Waals surface area contributed by atoms with Gasteiger partial charge in [-0.05, 0) is 41.9 Å². The van der Waals surface area contributed by atoms with Crippen molar-refractivity contribution in [1.29, 1.82) is 0 Å². The summed E-state index contributed by atoms with van der Waals surface area (Å²) in [5.74, 6) is 1.19. The molecule has 0 saturated carbocycles. The lowest BCUT2D eigenvalue weighted by molar-refractivity contribution is 0.112. The molecule has 0 bridgehead atoms. The largest absolute Gasteiger partial charge is 0.488 e. The molecule has 0 spiro atoms. The lowest BCUT2D eigenvalue weighted by Gasteiger charge is -2.06. The molecule has 0 saturated heterocycles. The van der Waals surface area contributed by atoms with E-state index in [1.807, 2.05) is 0 Å². The lowest BCUT2D eigenvalue weighted by atomic mass is 9.80. The number of carbonyl (C=O) groups excluding carboxylic acids is 1. The first-order valence-corrected chi connectivity index (χ1v) is 5.38. The smallest absolute Gasteiger partial charge is 0.457 e. The van der Waals surface area contributed by atoms with Crippen molar-refractivity contribution < 1.29 is 19.6 Å². The Morgan fingerprint density at radius 1 is 0.889 bits per heavy atom. The van der Waals surface area contributed by atoms with Gasteiger partial charge >= 0.3 is 7.12 Å². The maximum atomic E-state index is 10.5. The first-order valence-electron chi connectivity index (χ1n) is 5.38. The summed E-state index contributed by atoms with van der Waals surface area (Å²) in [7, 11) is -1.48. The normalized spacial score (nSPS) is 9.89. The molecule has 0 unspecified atom stereocenters. The molecule has 5 heteroatoms. The Bertz CT molecular complexity index is 520. The Hall–Kier alpha value is -2.11. The fraction of sp³-hybridized carbons (Fsp3) is 0. The van der Waals surface area contributed by atoms with Gasteiger partial charge in [0.25, 0.3) is 0 Å². The monoisotopic (exact) mass is 242 g/mol. The summed E-state index contributed by atoms with van der Waals surface area (Å²) in [6.07, 6.45) is 0.765. The van der Waals surface area contributed by atoms with E-state index in [-0.39, 0.29) is 0 Å². The number of carbonyl (C=O) groups is 1. The van der Waals surface area contributed by atoms with Gasteiger partial charge in [-0.25, -0.2) is 0 Å². The molecule has 0 aromatic heterocycles. The third-order valence-corrected chi connectivity index (χ3v) is 2.43. The van der Waals surface area contributed by atoms with Gasteiger partial charge in [-0.15, -0.1) is 0 Å². The molecule has 90 valence electrons. The van der Waals surface area contributed by atoms with Gasteiger partial charge in [-0.1, -0.05) is 12.1 Å². The summed E-state index contributed by atoms with van der Waals surface area (Å²) in [5, 5.41) is 17.9. The summed E-state index contributed by atoms with van der Waals surface area (Å²) < 4.78 is 5.53. The van der Waals surface area contributed by atoms with Crippen molar-refractivity contribution in [3.8, 4) is 11.5 Å². The zero-order valence-electron chi connectivity index (χ0n) is 9.48. The molecule has 0 aliphatic rings. The van der Waals surface area contributed by atoms with Crippen molar-refractivity contribution in [2.75, 3.05) is 0 Å². The SMILES string of the molecule is O=Cc1ccc(Oc2ccc(B(O)O)cc2)cc1. The van der Waals surface area contributed by atoms with Crippen LogP contribution in [0.25, 0.3) is 0 Å². The minimum atomic E-state index is -1.48. The van der Waals surface area contributed by atoms with Crippen molar-refractivity contribution >= 4 is 18.9 Å². The van der Waals surface area contributed by atoms with Crippen LogP contribution in [-0.2, 0) is 0 Å². The Morgan fingerprint density at radius 2 is 1.39 bits per heavy atom. The van der Waals surface area contributed by atoms with Crippen molar-refractivity contribution in [2.24, 2.45) is 0 Å². The summed E-state index contributed by atoms with van der Waals surface area (Å²) in [6, 6.07) is 13.1.